The van der Waals surface area contributed by atoms with Crippen molar-refractivity contribution in [2.45, 2.75) is 52.2 Å². The zero-order valence-electron chi connectivity index (χ0n) is 13.5. The molecule has 0 bridgehead atoms. The van der Waals surface area contributed by atoms with Crippen LogP contribution >= 0.6 is 0 Å². The molecule has 3 heteroatoms. The molecule has 0 spiro atoms. The maximum atomic E-state index is 10.4. The molecule has 0 saturated carbocycles. The summed E-state index contributed by atoms with van der Waals surface area (Å²) in [7, 11) is 0. The normalized spacial score (nSPS) is 20.4. The average molecular weight is 290 g/mol. The highest BCUT2D eigenvalue weighted by molar-refractivity contribution is 5.24. The smallest absolute Gasteiger partial charge is 0.0916 e. The molecular weight excluding hydrogens is 260 g/mol. The van der Waals surface area contributed by atoms with Crippen molar-refractivity contribution in [2.75, 3.05) is 19.6 Å². The van der Waals surface area contributed by atoms with Crippen LogP contribution in [0.2, 0.25) is 0 Å². The Balaban J connectivity index is 1.87. The van der Waals surface area contributed by atoms with E-state index in [-0.39, 0.29) is 0 Å². The van der Waals surface area contributed by atoms with E-state index in [2.05, 4.69) is 18.7 Å². The lowest BCUT2D eigenvalue weighted by molar-refractivity contribution is 0.0532. The van der Waals surface area contributed by atoms with Crippen molar-refractivity contribution in [3.05, 3.63) is 35.4 Å². The summed E-state index contributed by atoms with van der Waals surface area (Å²) in [4.78, 5) is 2.41. The fourth-order valence-electron chi connectivity index (χ4n) is 3.39. The van der Waals surface area contributed by atoms with Crippen LogP contribution in [0.25, 0.3) is 0 Å². The second-order valence-corrected chi connectivity index (χ2v) is 6.47. The number of nitrogens with zero attached hydrogens (tertiary/aromatic N) is 1. The van der Waals surface area contributed by atoms with Gasteiger partial charge < -0.3 is 15.7 Å². The molecule has 1 atom stereocenters. The van der Waals surface area contributed by atoms with Gasteiger partial charge in [0, 0.05) is 13.1 Å². The minimum Gasteiger partial charge on any atom is -0.387 e. The average Bonchev–Trinajstić information content (AvgIpc) is 2.56. The van der Waals surface area contributed by atoms with E-state index in [1.54, 1.807) is 0 Å². The van der Waals surface area contributed by atoms with Crippen molar-refractivity contribution in [2.24, 2.45) is 11.1 Å². The van der Waals surface area contributed by atoms with Crippen LogP contribution in [-0.4, -0.2) is 29.6 Å². The predicted octanol–water partition coefficient (Wildman–Crippen LogP) is 3.08. The number of hydrogen-bond donors (Lipinski definition) is 2. The van der Waals surface area contributed by atoms with Gasteiger partial charge in [-0.3, -0.25) is 0 Å². The number of nitrogens with two attached hydrogens (primary N) is 1. The SMILES string of the molecule is CCC1(CC)CCN(CC(O)c2ccc(CN)cc2)CC1. The lowest BCUT2D eigenvalue weighted by atomic mass is 9.74. The van der Waals surface area contributed by atoms with Gasteiger partial charge in [0.15, 0.2) is 0 Å². The maximum absolute atomic E-state index is 10.4. The first kappa shape index (κ1) is 16.5. The summed E-state index contributed by atoms with van der Waals surface area (Å²) < 4.78 is 0. The Morgan fingerprint density at radius 2 is 1.71 bits per heavy atom. The molecule has 0 radical (unpaired) electrons. The number of aliphatic hydroxyl groups is 1. The van der Waals surface area contributed by atoms with Gasteiger partial charge in [-0.25, -0.2) is 0 Å². The van der Waals surface area contributed by atoms with Crippen LogP contribution in [0, 0.1) is 5.41 Å². The molecule has 2 rings (SSSR count). The van der Waals surface area contributed by atoms with Crippen LogP contribution in [0.1, 0.15) is 56.8 Å². The molecule has 1 aromatic rings. The van der Waals surface area contributed by atoms with Crippen molar-refractivity contribution in [3.8, 4) is 0 Å². The molecule has 1 heterocycles. The lowest BCUT2D eigenvalue weighted by Gasteiger charge is -2.41. The number of hydrogen-bond acceptors (Lipinski definition) is 3. The summed E-state index contributed by atoms with van der Waals surface area (Å²) in [6, 6.07) is 8.01. The van der Waals surface area contributed by atoms with Crippen molar-refractivity contribution in [1.29, 1.82) is 0 Å². The number of piperidine rings is 1. The van der Waals surface area contributed by atoms with E-state index < -0.39 is 6.10 Å². The van der Waals surface area contributed by atoms with Crippen LogP contribution in [0.4, 0.5) is 0 Å². The Bertz CT molecular complexity index is 415. The van der Waals surface area contributed by atoms with E-state index in [0.717, 1.165) is 30.8 Å². The first-order valence-corrected chi connectivity index (χ1v) is 8.32. The van der Waals surface area contributed by atoms with E-state index in [1.807, 2.05) is 24.3 Å². The molecule has 21 heavy (non-hydrogen) atoms. The van der Waals surface area contributed by atoms with Crippen molar-refractivity contribution in [3.63, 3.8) is 0 Å². The Morgan fingerprint density at radius 1 is 1.14 bits per heavy atom. The molecular formula is C18H30N2O. The van der Waals surface area contributed by atoms with Crippen LogP contribution in [0.3, 0.4) is 0 Å². The van der Waals surface area contributed by atoms with Gasteiger partial charge in [0.2, 0.25) is 0 Å². The quantitative estimate of drug-likeness (QED) is 0.846. The standard InChI is InChI=1S/C18H30N2O/c1-3-18(4-2)9-11-20(12-10-18)14-17(21)16-7-5-15(13-19)6-8-16/h5-8,17,21H,3-4,9-14,19H2,1-2H3. The zero-order valence-corrected chi connectivity index (χ0v) is 13.5. The fraction of sp³-hybridized carbons (Fsp3) is 0.667. The second kappa shape index (κ2) is 7.39. The fourth-order valence-corrected chi connectivity index (χ4v) is 3.39. The molecule has 3 N–H and O–H groups in total. The number of β-amino-alcohol motifs (C(OH)–C–C–N with tert-alkyl or cyclic N) is 1. The Hall–Kier alpha value is -0.900. The molecule has 0 aliphatic carbocycles. The van der Waals surface area contributed by atoms with Crippen molar-refractivity contribution < 1.29 is 5.11 Å². The summed E-state index contributed by atoms with van der Waals surface area (Å²) >= 11 is 0. The predicted molar refractivity (Wildman–Crippen MR) is 88.0 cm³/mol. The van der Waals surface area contributed by atoms with Crippen LogP contribution in [0.5, 0.6) is 0 Å². The Kier molecular flexibility index (Phi) is 5.80. The molecule has 1 aromatic carbocycles. The van der Waals surface area contributed by atoms with Gasteiger partial charge in [-0.15, -0.1) is 0 Å². The highest BCUT2D eigenvalue weighted by Gasteiger charge is 2.31. The van der Waals surface area contributed by atoms with Crippen molar-refractivity contribution >= 4 is 0 Å². The number of benzene rings is 1. The van der Waals surface area contributed by atoms with Gasteiger partial charge in [-0.2, -0.15) is 0 Å². The van der Waals surface area contributed by atoms with Gasteiger partial charge in [0.1, 0.15) is 0 Å². The maximum Gasteiger partial charge on any atom is 0.0916 e. The minimum absolute atomic E-state index is 0.396. The monoisotopic (exact) mass is 290 g/mol. The summed E-state index contributed by atoms with van der Waals surface area (Å²) in [5, 5.41) is 10.4. The largest absolute Gasteiger partial charge is 0.387 e. The number of likely N-dealkylation sites (tertiary alicyclic amines) is 1. The van der Waals surface area contributed by atoms with Crippen LogP contribution in [-0.2, 0) is 6.54 Å². The van der Waals surface area contributed by atoms with Gasteiger partial charge in [-0.05, 0) is 42.5 Å². The molecule has 0 amide bonds. The molecule has 1 fully saturated rings. The molecule has 1 aliphatic rings. The number of aliphatic hydroxyl groups excluding tert-OH is 1. The highest BCUT2D eigenvalue weighted by Crippen LogP contribution is 2.38. The molecule has 1 aliphatic heterocycles. The Labute approximate surface area is 129 Å². The first-order chi connectivity index (χ1) is 10.1. The second-order valence-electron chi connectivity index (χ2n) is 6.47. The lowest BCUT2D eigenvalue weighted by Crippen LogP contribution is -2.41. The summed E-state index contributed by atoms with van der Waals surface area (Å²) in [5.74, 6) is 0. The van der Waals surface area contributed by atoms with Crippen LogP contribution < -0.4 is 5.73 Å². The van der Waals surface area contributed by atoms with E-state index in [0.29, 0.717) is 12.0 Å². The van der Waals surface area contributed by atoms with Gasteiger partial charge in [0.25, 0.3) is 0 Å². The van der Waals surface area contributed by atoms with E-state index in [1.165, 1.54) is 25.7 Å². The minimum atomic E-state index is -0.396. The van der Waals surface area contributed by atoms with E-state index in [9.17, 15) is 5.11 Å². The molecule has 0 aromatic heterocycles. The van der Waals surface area contributed by atoms with E-state index in [4.69, 9.17) is 5.73 Å². The third-order valence-corrected chi connectivity index (χ3v) is 5.45. The van der Waals surface area contributed by atoms with Crippen molar-refractivity contribution in [1.82, 2.24) is 4.90 Å². The summed E-state index contributed by atoms with van der Waals surface area (Å²) in [6.07, 6.45) is 4.69. The summed E-state index contributed by atoms with van der Waals surface area (Å²) in [5.41, 5.74) is 8.26. The first-order valence-electron chi connectivity index (χ1n) is 8.32. The van der Waals surface area contributed by atoms with Crippen LogP contribution in [0.15, 0.2) is 24.3 Å². The number of rotatable bonds is 6. The molecule has 1 saturated heterocycles. The van der Waals surface area contributed by atoms with Gasteiger partial charge in [0.05, 0.1) is 6.10 Å². The summed E-state index contributed by atoms with van der Waals surface area (Å²) in [6.45, 7) is 8.14. The molecule has 3 nitrogen and oxygen atoms in total. The molecule has 1 unspecified atom stereocenters. The van der Waals surface area contributed by atoms with Gasteiger partial charge >= 0.3 is 0 Å². The van der Waals surface area contributed by atoms with Gasteiger partial charge in [-0.1, -0.05) is 51.0 Å². The third-order valence-electron chi connectivity index (χ3n) is 5.45. The zero-order chi connectivity index (χ0) is 15.3. The Morgan fingerprint density at radius 3 is 2.19 bits per heavy atom. The molecule has 118 valence electrons. The van der Waals surface area contributed by atoms with E-state index >= 15 is 0 Å². The third kappa shape index (κ3) is 4.06. The topological polar surface area (TPSA) is 49.5 Å². The highest BCUT2D eigenvalue weighted by atomic mass is 16.3.